The summed E-state index contributed by atoms with van der Waals surface area (Å²) in [6.45, 7) is 17.0. The molecule has 0 amide bonds. The van der Waals surface area contributed by atoms with Crippen LogP contribution in [0.1, 0.15) is 72.1 Å². The molecule has 2 fully saturated rings. The molecule has 0 aromatic heterocycles. The van der Waals surface area contributed by atoms with E-state index < -0.39 is 36.1 Å². The van der Waals surface area contributed by atoms with Crippen LogP contribution >= 0.6 is 0 Å². The molecule has 0 bridgehead atoms. The number of fused-ring (bicyclic) bond motifs is 2. The Morgan fingerprint density at radius 3 is 1.73 bits per heavy atom. The van der Waals surface area contributed by atoms with E-state index >= 15 is 0 Å². The average molecular weight is 445 g/mol. The molecule has 3 aliphatic rings. The predicted octanol–water partition coefficient (Wildman–Crippen LogP) is 5.34. The zero-order chi connectivity index (χ0) is 24.0. The van der Waals surface area contributed by atoms with Gasteiger partial charge in [-0.25, -0.2) is 0 Å². The molecule has 0 aliphatic carbocycles. The fourth-order valence-electron chi connectivity index (χ4n) is 5.28. The van der Waals surface area contributed by atoms with Gasteiger partial charge in [-0.2, -0.15) is 0 Å². The van der Waals surface area contributed by atoms with E-state index in [1.54, 1.807) is 0 Å². The molecule has 3 heterocycles. The van der Waals surface area contributed by atoms with Crippen LogP contribution in [0, 0.1) is 6.92 Å². The van der Waals surface area contributed by atoms with Gasteiger partial charge in [0.15, 0.2) is 0 Å². The van der Waals surface area contributed by atoms with Crippen molar-refractivity contribution in [3.8, 4) is 0 Å². The number of aryl methyl sites for hydroxylation is 1. The minimum Gasteiger partial charge on any atom is -0.554 e. The summed E-state index contributed by atoms with van der Waals surface area (Å²) in [6, 6.07) is 17.0. The summed E-state index contributed by atoms with van der Waals surface area (Å²) >= 11 is 0. The van der Waals surface area contributed by atoms with Crippen LogP contribution in [0.2, 0.25) is 0 Å². The Bertz CT molecular complexity index is 1110. The first-order valence-corrected chi connectivity index (χ1v) is 12.0. The van der Waals surface area contributed by atoms with E-state index in [0.29, 0.717) is 0 Å². The highest BCUT2D eigenvalue weighted by molar-refractivity contribution is 7.05. The Morgan fingerprint density at radius 1 is 0.667 bits per heavy atom. The molecule has 0 saturated carbocycles. The molecule has 2 aromatic rings. The van der Waals surface area contributed by atoms with E-state index in [-0.39, 0.29) is 0 Å². The predicted molar refractivity (Wildman–Crippen MR) is 136 cm³/mol. The van der Waals surface area contributed by atoms with Crippen LogP contribution in [0.25, 0.3) is 10.9 Å². The lowest BCUT2D eigenvalue weighted by Gasteiger charge is -2.38. The molecule has 1 spiro atoms. The highest BCUT2D eigenvalue weighted by atomic mass is 16.7. The SMILES string of the molecule is Cc1ccc(C2=C(B3OC(C)(C)C(C)(C)O3)c3ccccc3[B-]23OC(C)(C)C(C)(C)O3)cc1. The fourth-order valence-corrected chi connectivity index (χ4v) is 5.28. The molecular formula is C27H35B2O4-. The molecule has 2 aromatic carbocycles. The molecule has 0 N–H and O–H groups in total. The van der Waals surface area contributed by atoms with E-state index in [1.807, 2.05) is 0 Å². The van der Waals surface area contributed by atoms with Gasteiger partial charge in [0.25, 0.3) is 0 Å². The van der Waals surface area contributed by atoms with Crippen molar-refractivity contribution in [1.29, 1.82) is 0 Å². The molecule has 33 heavy (non-hydrogen) atoms. The smallest absolute Gasteiger partial charge is 0.492 e. The van der Waals surface area contributed by atoms with E-state index in [9.17, 15) is 0 Å². The van der Waals surface area contributed by atoms with E-state index in [4.69, 9.17) is 18.6 Å². The summed E-state index contributed by atoms with van der Waals surface area (Å²) in [5, 5.41) is 0. The Balaban J connectivity index is 1.81. The first kappa shape index (κ1) is 22.9. The second-order valence-electron chi connectivity index (χ2n) is 11.8. The Morgan fingerprint density at radius 2 is 1.18 bits per heavy atom. The quantitative estimate of drug-likeness (QED) is 0.585. The van der Waals surface area contributed by atoms with E-state index in [2.05, 4.69) is 111 Å². The van der Waals surface area contributed by atoms with E-state index in [1.165, 1.54) is 5.56 Å². The number of rotatable bonds is 2. The summed E-state index contributed by atoms with van der Waals surface area (Å²) in [4.78, 5) is 0. The molecule has 0 radical (unpaired) electrons. The van der Waals surface area contributed by atoms with Crippen molar-refractivity contribution >= 4 is 30.1 Å². The number of hydrogen-bond acceptors (Lipinski definition) is 4. The molecule has 4 nitrogen and oxygen atoms in total. The maximum atomic E-state index is 7.00. The van der Waals surface area contributed by atoms with Gasteiger partial charge in [0.2, 0.25) is 0 Å². The van der Waals surface area contributed by atoms with Crippen LogP contribution in [-0.4, -0.2) is 36.1 Å². The lowest BCUT2D eigenvalue weighted by Crippen LogP contribution is -2.51. The monoisotopic (exact) mass is 445 g/mol. The lowest BCUT2D eigenvalue weighted by molar-refractivity contribution is 0.00578. The second kappa shape index (κ2) is 6.85. The maximum Gasteiger partial charge on any atom is 0.492 e. The molecule has 6 heteroatoms. The lowest BCUT2D eigenvalue weighted by atomic mass is 9.46. The molecule has 0 unspecified atom stereocenters. The van der Waals surface area contributed by atoms with E-state index in [0.717, 1.165) is 27.5 Å². The highest BCUT2D eigenvalue weighted by Gasteiger charge is 2.60. The molecule has 174 valence electrons. The van der Waals surface area contributed by atoms with Gasteiger partial charge in [0.1, 0.15) is 0 Å². The van der Waals surface area contributed by atoms with Crippen LogP contribution in [0.5, 0.6) is 0 Å². The largest absolute Gasteiger partial charge is 0.554 e. The third kappa shape index (κ3) is 3.15. The fraction of sp³-hybridized carbons (Fsp3) is 0.481. The van der Waals surface area contributed by atoms with Crippen molar-refractivity contribution in [2.45, 2.75) is 84.7 Å². The minimum atomic E-state index is -1.95. The van der Waals surface area contributed by atoms with Gasteiger partial charge in [-0.3, -0.25) is 0 Å². The van der Waals surface area contributed by atoms with Crippen LogP contribution in [-0.2, 0) is 18.6 Å². The molecule has 0 atom stereocenters. The summed E-state index contributed by atoms with van der Waals surface area (Å²) in [5.41, 5.74) is 4.62. The number of benzene rings is 2. The van der Waals surface area contributed by atoms with Gasteiger partial charge in [-0.15, -0.1) is 10.9 Å². The summed E-state index contributed by atoms with van der Waals surface area (Å²) in [5.74, 6) is 0. The van der Waals surface area contributed by atoms with Gasteiger partial charge in [-0.1, -0.05) is 65.2 Å². The van der Waals surface area contributed by atoms with Crippen LogP contribution < -0.4 is 5.46 Å². The van der Waals surface area contributed by atoms with Crippen molar-refractivity contribution in [1.82, 2.24) is 0 Å². The van der Waals surface area contributed by atoms with Crippen LogP contribution in [0.15, 0.2) is 48.5 Å². The average Bonchev–Trinajstić information content (AvgIpc) is 3.17. The third-order valence-electron chi connectivity index (χ3n) is 8.55. The molecule has 2 saturated heterocycles. The highest BCUT2D eigenvalue weighted by Crippen LogP contribution is 2.53. The summed E-state index contributed by atoms with van der Waals surface area (Å²) in [6.07, 6.45) is 0. The van der Waals surface area contributed by atoms with Gasteiger partial charge in [0.05, 0.1) is 11.2 Å². The van der Waals surface area contributed by atoms with Crippen LogP contribution in [0.4, 0.5) is 0 Å². The zero-order valence-corrected chi connectivity index (χ0v) is 21.4. The van der Waals surface area contributed by atoms with Crippen molar-refractivity contribution in [2.24, 2.45) is 0 Å². The third-order valence-corrected chi connectivity index (χ3v) is 8.55. The van der Waals surface area contributed by atoms with Crippen molar-refractivity contribution in [2.75, 3.05) is 0 Å². The van der Waals surface area contributed by atoms with Gasteiger partial charge < -0.3 is 18.6 Å². The maximum absolute atomic E-state index is 7.00. The summed E-state index contributed by atoms with van der Waals surface area (Å²) < 4.78 is 27.2. The van der Waals surface area contributed by atoms with Gasteiger partial charge >= 0.3 is 13.7 Å². The second-order valence-corrected chi connectivity index (χ2v) is 11.8. The first-order chi connectivity index (χ1) is 15.2. The standard InChI is InChI=1S/C27H35B2O4/c1-18-14-16-19(17-15-18)23-22(28-30-24(2,3)25(4,5)31-28)20-12-10-11-13-21(20)29(23)32-26(6,7)27(8,9)33-29/h10-17H,1-9H3/q-1. The summed E-state index contributed by atoms with van der Waals surface area (Å²) in [7, 11) is -0.521. The Kier molecular flexibility index (Phi) is 4.76. The molecule has 3 aliphatic heterocycles. The Labute approximate surface area is 198 Å². The van der Waals surface area contributed by atoms with Crippen molar-refractivity contribution < 1.29 is 18.6 Å². The zero-order valence-electron chi connectivity index (χ0n) is 21.4. The topological polar surface area (TPSA) is 36.9 Å². The van der Waals surface area contributed by atoms with Crippen molar-refractivity contribution in [3.63, 3.8) is 0 Å². The van der Waals surface area contributed by atoms with Gasteiger partial charge in [-0.05, 0) is 67.8 Å². The van der Waals surface area contributed by atoms with Gasteiger partial charge in [0, 0.05) is 11.2 Å². The Hall–Kier alpha value is -1.85. The van der Waals surface area contributed by atoms with Crippen LogP contribution in [0.3, 0.4) is 0 Å². The first-order valence-electron chi connectivity index (χ1n) is 12.0. The number of hydrogen-bond donors (Lipinski definition) is 0. The van der Waals surface area contributed by atoms with Crippen molar-refractivity contribution in [3.05, 3.63) is 65.2 Å². The molecular weight excluding hydrogens is 410 g/mol. The normalized spacial score (nSPS) is 25.7. The molecule has 5 rings (SSSR count). The minimum absolute atomic E-state index is 0.448.